The number of fused-ring (bicyclic) bond motifs is 3. The van der Waals surface area contributed by atoms with Gasteiger partial charge < -0.3 is 10.6 Å². The van der Waals surface area contributed by atoms with Crippen molar-refractivity contribution in [3.05, 3.63) is 35.8 Å². The number of nitrogens with zero attached hydrogens (tertiary/aromatic N) is 1. The van der Waals surface area contributed by atoms with Crippen molar-refractivity contribution in [2.75, 3.05) is 6.67 Å². The van der Waals surface area contributed by atoms with Gasteiger partial charge in [-0.25, -0.2) is 0 Å². The Hall–Kier alpha value is -1.51. The van der Waals surface area contributed by atoms with Crippen LogP contribution in [0.25, 0.3) is 0 Å². The van der Waals surface area contributed by atoms with Gasteiger partial charge in [0.05, 0.1) is 17.3 Å². The number of aliphatic imine (C=N–C) groups is 1. The molecule has 0 bridgehead atoms. The minimum Gasteiger partial charge on any atom is -0.364 e. The van der Waals surface area contributed by atoms with Gasteiger partial charge in [0.2, 0.25) is 0 Å². The Kier molecular flexibility index (Phi) is 1.33. The molecule has 2 heterocycles. The lowest BCUT2D eigenvalue weighted by atomic mass is 9.90. The molecule has 0 aromatic rings. The molecule has 0 aromatic carbocycles. The quantitative estimate of drug-likeness (QED) is 0.534. The van der Waals surface area contributed by atoms with E-state index in [9.17, 15) is 0 Å². The van der Waals surface area contributed by atoms with E-state index in [1.165, 1.54) is 11.4 Å². The maximum absolute atomic E-state index is 4.45. The van der Waals surface area contributed by atoms with E-state index in [-0.39, 0.29) is 0 Å². The van der Waals surface area contributed by atoms with Gasteiger partial charge in [-0.05, 0) is 6.42 Å². The molecule has 1 atom stereocenters. The van der Waals surface area contributed by atoms with Crippen LogP contribution in [0.15, 0.2) is 40.8 Å². The van der Waals surface area contributed by atoms with Gasteiger partial charge in [-0.3, -0.25) is 4.99 Å². The van der Waals surface area contributed by atoms with Gasteiger partial charge >= 0.3 is 0 Å². The second-order valence-electron chi connectivity index (χ2n) is 3.38. The Balaban J connectivity index is 2.07. The van der Waals surface area contributed by atoms with Crippen molar-refractivity contribution in [2.24, 2.45) is 10.9 Å². The lowest BCUT2D eigenvalue weighted by molar-refractivity contribution is 0.824. The molecule has 2 aliphatic heterocycles. The first kappa shape index (κ1) is 6.95. The zero-order valence-corrected chi connectivity index (χ0v) is 7.25. The number of nitrogens with one attached hydrogen (secondary N) is 2. The van der Waals surface area contributed by atoms with Crippen LogP contribution in [0, 0.1) is 5.92 Å². The molecule has 0 saturated carbocycles. The highest BCUT2D eigenvalue weighted by molar-refractivity contribution is 6.06. The molecule has 2 N–H and O–H groups in total. The molecule has 3 heteroatoms. The average Bonchev–Trinajstić information content (AvgIpc) is 2.65. The van der Waals surface area contributed by atoms with Gasteiger partial charge in [0, 0.05) is 11.9 Å². The van der Waals surface area contributed by atoms with Crippen LogP contribution < -0.4 is 10.6 Å². The van der Waals surface area contributed by atoms with Crippen LogP contribution in [-0.2, 0) is 0 Å². The van der Waals surface area contributed by atoms with Crippen LogP contribution in [0.4, 0.5) is 0 Å². The molecule has 13 heavy (non-hydrogen) atoms. The fraction of sp³-hybridized carbons (Fsp3) is 0.300. The highest BCUT2D eigenvalue weighted by atomic mass is 15.1. The molecule has 3 nitrogen and oxygen atoms in total. The fourth-order valence-electron chi connectivity index (χ4n) is 1.96. The van der Waals surface area contributed by atoms with E-state index in [0.29, 0.717) is 5.92 Å². The minimum absolute atomic E-state index is 0.365. The summed E-state index contributed by atoms with van der Waals surface area (Å²) in [5.74, 6) is 0.365. The van der Waals surface area contributed by atoms with Crippen LogP contribution in [0.5, 0.6) is 0 Å². The van der Waals surface area contributed by atoms with Gasteiger partial charge in [0.1, 0.15) is 6.67 Å². The summed E-state index contributed by atoms with van der Waals surface area (Å²) in [5, 5.41) is 6.52. The second-order valence-corrected chi connectivity index (χ2v) is 3.38. The first-order chi connectivity index (χ1) is 6.45. The van der Waals surface area contributed by atoms with Gasteiger partial charge in [0.25, 0.3) is 0 Å². The van der Waals surface area contributed by atoms with E-state index in [1.807, 2.05) is 6.20 Å². The molecule has 0 fully saturated rings. The highest BCUT2D eigenvalue weighted by Crippen LogP contribution is 2.26. The van der Waals surface area contributed by atoms with Gasteiger partial charge in [0.15, 0.2) is 0 Å². The zero-order valence-electron chi connectivity index (χ0n) is 7.25. The Morgan fingerprint density at radius 1 is 1.46 bits per heavy atom. The third-order valence-electron chi connectivity index (χ3n) is 2.61. The molecule has 0 aromatic heterocycles. The molecule has 66 valence electrons. The van der Waals surface area contributed by atoms with Crippen LogP contribution in [0.1, 0.15) is 6.42 Å². The summed E-state index contributed by atoms with van der Waals surface area (Å²) >= 11 is 0. The van der Waals surface area contributed by atoms with Crippen molar-refractivity contribution < 1.29 is 0 Å². The fourth-order valence-corrected chi connectivity index (χ4v) is 1.96. The summed E-state index contributed by atoms with van der Waals surface area (Å²) in [6.45, 7) is 0.723. The number of hydrogen-bond donors (Lipinski definition) is 2. The zero-order chi connectivity index (χ0) is 8.67. The highest BCUT2D eigenvalue weighted by Gasteiger charge is 2.28. The summed E-state index contributed by atoms with van der Waals surface area (Å²) in [6.07, 6.45) is 9.68. The van der Waals surface area contributed by atoms with Crippen molar-refractivity contribution in [1.29, 1.82) is 0 Å². The van der Waals surface area contributed by atoms with Crippen LogP contribution in [0.3, 0.4) is 0 Å². The molecule has 3 aliphatic rings. The molecular formula is C10H11N3. The lowest BCUT2D eigenvalue weighted by Gasteiger charge is -2.25. The molecule has 1 unspecified atom stereocenters. The van der Waals surface area contributed by atoms with Gasteiger partial charge in [-0.15, -0.1) is 0 Å². The first-order valence-electron chi connectivity index (χ1n) is 4.57. The number of rotatable bonds is 0. The maximum atomic E-state index is 4.45. The normalized spacial score (nSPS) is 28.9. The molecule has 0 spiro atoms. The summed E-state index contributed by atoms with van der Waals surface area (Å²) in [7, 11) is 0. The van der Waals surface area contributed by atoms with Crippen LogP contribution >= 0.6 is 0 Å². The summed E-state index contributed by atoms with van der Waals surface area (Å²) in [5.41, 5.74) is 3.60. The molecule has 0 amide bonds. The summed E-state index contributed by atoms with van der Waals surface area (Å²) in [6, 6.07) is 0. The van der Waals surface area contributed by atoms with E-state index >= 15 is 0 Å². The van der Waals surface area contributed by atoms with Crippen molar-refractivity contribution in [3.63, 3.8) is 0 Å². The molecule has 3 rings (SSSR count). The summed E-state index contributed by atoms with van der Waals surface area (Å²) in [4.78, 5) is 4.45. The van der Waals surface area contributed by atoms with E-state index < -0.39 is 0 Å². The maximum Gasteiger partial charge on any atom is 0.108 e. The topological polar surface area (TPSA) is 36.4 Å². The Bertz CT molecular complexity index is 360. The van der Waals surface area contributed by atoms with E-state index in [2.05, 4.69) is 33.9 Å². The Morgan fingerprint density at radius 2 is 2.46 bits per heavy atom. The smallest absolute Gasteiger partial charge is 0.108 e. The van der Waals surface area contributed by atoms with Crippen molar-refractivity contribution in [1.82, 2.24) is 10.6 Å². The predicted octanol–water partition coefficient (Wildman–Crippen LogP) is 0.893. The van der Waals surface area contributed by atoms with E-state index in [1.54, 1.807) is 0 Å². The third-order valence-corrected chi connectivity index (χ3v) is 2.61. The largest absolute Gasteiger partial charge is 0.364 e. The SMILES string of the molecule is C1=CC2C(=CC1)NC=C1NCN=C12. The summed E-state index contributed by atoms with van der Waals surface area (Å²) < 4.78 is 0. The standard InChI is InChI=1S/C10H11N3/c1-2-4-8-7(3-1)10-9(5-11-8)12-6-13-10/h1,3-5,7,11-12H,2,6H2. The number of allylic oxidation sites excluding steroid dienone is 4. The predicted molar refractivity (Wildman–Crippen MR) is 52.0 cm³/mol. The monoisotopic (exact) mass is 173 g/mol. The Labute approximate surface area is 76.9 Å². The van der Waals surface area contributed by atoms with Crippen molar-refractivity contribution in [2.45, 2.75) is 6.42 Å². The number of hydrogen-bond acceptors (Lipinski definition) is 3. The van der Waals surface area contributed by atoms with Crippen molar-refractivity contribution in [3.8, 4) is 0 Å². The first-order valence-corrected chi connectivity index (χ1v) is 4.57. The molecule has 1 aliphatic carbocycles. The lowest BCUT2D eigenvalue weighted by Crippen LogP contribution is -2.31. The molecular weight excluding hydrogens is 162 g/mol. The van der Waals surface area contributed by atoms with Crippen molar-refractivity contribution >= 4 is 5.71 Å². The van der Waals surface area contributed by atoms with Crippen LogP contribution in [0.2, 0.25) is 0 Å². The van der Waals surface area contributed by atoms with Gasteiger partial charge in [-0.1, -0.05) is 18.2 Å². The second kappa shape index (κ2) is 2.49. The van der Waals surface area contributed by atoms with E-state index in [4.69, 9.17) is 0 Å². The van der Waals surface area contributed by atoms with E-state index in [0.717, 1.165) is 18.8 Å². The average molecular weight is 173 g/mol. The Morgan fingerprint density at radius 3 is 3.46 bits per heavy atom. The molecule has 0 saturated heterocycles. The van der Waals surface area contributed by atoms with Gasteiger partial charge in [-0.2, -0.15) is 0 Å². The minimum atomic E-state index is 0.365. The van der Waals surface area contributed by atoms with Crippen LogP contribution in [-0.4, -0.2) is 12.4 Å². The molecule has 0 radical (unpaired) electrons. The third kappa shape index (κ3) is 0.932.